The highest BCUT2D eigenvalue weighted by atomic mass is 32.2. The van der Waals surface area contributed by atoms with E-state index in [1.165, 1.54) is 27.4 Å². The Labute approximate surface area is 168 Å². The average molecular weight is 425 g/mol. The summed E-state index contributed by atoms with van der Waals surface area (Å²) in [6, 6.07) is 4.40. The molecule has 29 heavy (non-hydrogen) atoms. The minimum atomic E-state index is -3.74. The number of ether oxygens (including phenoxy) is 3. The zero-order chi connectivity index (χ0) is 20.4. The highest BCUT2D eigenvalue weighted by molar-refractivity contribution is 7.89. The quantitative estimate of drug-likeness (QED) is 0.628. The second-order valence-corrected chi connectivity index (χ2v) is 8.85. The molecule has 0 atom stereocenters. The van der Waals surface area contributed by atoms with Crippen molar-refractivity contribution in [1.82, 2.24) is 9.21 Å². The Morgan fingerprint density at radius 3 is 2.34 bits per heavy atom. The number of anilines is 1. The molecule has 0 saturated carbocycles. The molecule has 158 valence electrons. The zero-order valence-corrected chi connectivity index (χ0v) is 16.7. The number of hydrogen-bond acceptors (Lipinski definition) is 7. The maximum atomic E-state index is 13.0. The largest absolute Gasteiger partial charge is 0.482 e. The molecule has 3 heterocycles. The number of rotatable bonds is 4. The van der Waals surface area contributed by atoms with E-state index >= 15 is 0 Å². The molecule has 2 fully saturated rings. The van der Waals surface area contributed by atoms with Gasteiger partial charge in [-0.05, 0) is 18.2 Å². The first-order valence-corrected chi connectivity index (χ1v) is 10.9. The minimum absolute atomic E-state index is 0.0558. The first kappa shape index (κ1) is 20.1. The molecule has 0 aromatic heterocycles. The van der Waals surface area contributed by atoms with E-state index in [9.17, 15) is 18.0 Å². The molecule has 0 bridgehead atoms. The van der Waals surface area contributed by atoms with Crippen LogP contribution in [-0.2, 0) is 29.1 Å². The number of amides is 2. The smallest absolute Gasteiger partial charge is 0.265 e. The van der Waals surface area contributed by atoms with Gasteiger partial charge in [0.2, 0.25) is 15.9 Å². The van der Waals surface area contributed by atoms with Gasteiger partial charge in [0.05, 0.1) is 37.0 Å². The van der Waals surface area contributed by atoms with Gasteiger partial charge in [0.15, 0.2) is 6.61 Å². The van der Waals surface area contributed by atoms with E-state index in [2.05, 4.69) is 0 Å². The van der Waals surface area contributed by atoms with Crippen molar-refractivity contribution in [3.8, 4) is 5.75 Å². The Hall–Kier alpha value is -2.21. The molecule has 4 rings (SSSR count). The fourth-order valence-corrected chi connectivity index (χ4v) is 4.93. The van der Waals surface area contributed by atoms with Crippen molar-refractivity contribution in [1.29, 1.82) is 0 Å². The summed E-state index contributed by atoms with van der Waals surface area (Å²) in [5, 5.41) is 0. The molecule has 0 N–H and O–H groups in total. The van der Waals surface area contributed by atoms with E-state index in [1.807, 2.05) is 0 Å². The molecule has 2 amide bonds. The molecule has 3 aliphatic rings. The first-order chi connectivity index (χ1) is 14.0. The summed E-state index contributed by atoms with van der Waals surface area (Å²) in [6.07, 6.45) is 0. The minimum Gasteiger partial charge on any atom is -0.482 e. The van der Waals surface area contributed by atoms with E-state index < -0.39 is 10.0 Å². The van der Waals surface area contributed by atoms with Crippen molar-refractivity contribution in [3.05, 3.63) is 18.2 Å². The summed E-state index contributed by atoms with van der Waals surface area (Å²) in [4.78, 5) is 28.1. The molecule has 0 radical (unpaired) electrons. The standard InChI is InChI=1S/C18H23N3O7S/c22-17(19-3-7-26-8-4-19)12-21-15-11-14(1-2-16(15)28-13-18(21)23)29(24,25)20-5-9-27-10-6-20/h1-2,11H,3-10,12-13H2. The Morgan fingerprint density at radius 1 is 1.00 bits per heavy atom. The van der Waals surface area contributed by atoms with Crippen LogP contribution in [0.2, 0.25) is 0 Å². The summed E-state index contributed by atoms with van der Waals surface area (Å²) < 4.78 is 43.2. The Bertz CT molecular complexity index is 893. The van der Waals surface area contributed by atoms with Crippen LogP contribution in [0.4, 0.5) is 5.69 Å². The van der Waals surface area contributed by atoms with Crippen LogP contribution in [0.1, 0.15) is 0 Å². The van der Waals surface area contributed by atoms with Gasteiger partial charge in [0.25, 0.3) is 5.91 Å². The van der Waals surface area contributed by atoms with Crippen molar-refractivity contribution < 1.29 is 32.2 Å². The van der Waals surface area contributed by atoms with E-state index in [1.54, 1.807) is 4.90 Å². The van der Waals surface area contributed by atoms with Gasteiger partial charge in [-0.3, -0.25) is 14.5 Å². The van der Waals surface area contributed by atoms with E-state index in [0.717, 1.165) is 0 Å². The molecule has 1 aromatic carbocycles. The Balaban J connectivity index is 1.60. The van der Waals surface area contributed by atoms with Crippen molar-refractivity contribution >= 4 is 27.5 Å². The molecule has 2 saturated heterocycles. The number of carbonyl (C=O) groups is 2. The predicted molar refractivity (Wildman–Crippen MR) is 101 cm³/mol. The first-order valence-electron chi connectivity index (χ1n) is 9.47. The van der Waals surface area contributed by atoms with Crippen molar-refractivity contribution in [2.75, 3.05) is 70.7 Å². The van der Waals surface area contributed by atoms with Crippen LogP contribution < -0.4 is 9.64 Å². The van der Waals surface area contributed by atoms with Gasteiger partial charge >= 0.3 is 0 Å². The van der Waals surface area contributed by atoms with E-state index in [-0.39, 0.29) is 48.6 Å². The van der Waals surface area contributed by atoms with Crippen LogP contribution in [-0.4, -0.2) is 95.2 Å². The lowest BCUT2D eigenvalue weighted by atomic mass is 10.2. The molecule has 11 heteroatoms. The molecule has 0 aliphatic carbocycles. The van der Waals surface area contributed by atoms with Gasteiger partial charge in [-0.15, -0.1) is 0 Å². The van der Waals surface area contributed by atoms with Crippen molar-refractivity contribution in [2.45, 2.75) is 4.90 Å². The van der Waals surface area contributed by atoms with Gasteiger partial charge in [-0.1, -0.05) is 0 Å². The van der Waals surface area contributed by atoms with Gasteiger partial charge in [-0.2, -0.15) is 4.31 Å². The lowest BCUT2D eigenvalue weighted by Crippen LogP contribution is -2.49. The molecular weight excluding hydrogens is 402 g/mol. The fourth-order valence-electron chi connectivity index (χ4n) is 3.50. The highest BCUT2D eigenvalue weighted by Crippen LogP contribution is 2.35. The highest BCUT2D eigenvalue weighted by Gasteiger charge is 2.32. The second-order valence-electron chi connectivity index (χ2n) is 6.91. The molecular formula is C18H23N3O7S. The second kappa shape index (κ2) is 8.27. The van der Waals surface area contributed by atoms with Gasteiger partial charge in [0.1, 0.15) is 12.3 Å². The fraction of sp³-hybridized carbons (Fsp3) is 0.556. The monoisotopic (exact) mass is 425 g/mol. The van der Waals surface area contributed by atoms with Gasteiger partial charge in [-0.25, -0.2) is 8.42 Å². The number of nitrogens with zero attached hydrogens (tertiary/aromatic N) is 3. The maximum absolute atomic E-state index is 13.0. The maximum Gasteiger partial charge on any atom is 0.265 e. The van der Waals surface area contributed by atoms with Crippen LogP contribution in [0.5, 0.6) is 5.75 Å². The number of carbonyl (C=O) groups excluding carboxylic acids is 2. The summed E-state index contributed by atoms with van der Waals surface area (Å²) in [6.45, 7) is 2.71. The van der Waals surface area contributed by atoms with Crippen LogP contribution in [0.3, 0.4) is 0 Å². The molecule has 10 nitrogen and oxygen atoms in total. The summed E-state index contributed by atoms with van der Waals surface area (Å²) in [7, 11) is -3.74. The predicted octanol–water partition coefficient (Wildman–Crippen LogP) is -0.708. The summed E-state index contributed by atoms with van der Waals surface area (Å²) in [5.41, 5.74) is 0.289. The third-order valence-corrected chi connectivity index (χ3v) is 7.03. The van der Waals surface area contributed by atoms with Gasteiger partial charge in [0, 0.05) is 26.2 Å². The van der Waals surface area contributed by atoms with E-state index in [0.29, 0.717) is 45.3 Å². The van der Waals surface area contributed by atoms with Crippen LogP contribution in [0, 0.1) is 0 Å². The van der Waals surface area contributed by atoms with E-state index in [4.69, 9.17) is 14.2 Å². The molecule has 0 spiro atoms. The van der Waals surface area contributed by atoms with Crippen LogP contribution in [0.15, 0.2) is 23.1 Å². The molecule has 0 unspecified atom stereocenters. The normalized spacial score (nSPS) is 20.9. The number of benzene rings is 1. The van der Waals surface area contributed by atoms with Crippen molar-refractivity contribution in [3.63, 3.8) is 0 Å². The Morgan fingerprint density at radius 2 is 1.66 bits per heavy atom. The lowest BCUT2D eigenvalue weighted by Gasteiger charge is -2.33. The Kier molecular flexibility index (Phi) is 5.72. The zero-order valence-electron chi connectivity index (χ0n) is 15.9. The van der Waals surface area contributed by atoms with Crippen LogP contribution in [0.25, 0.3) is 0 Å². The molecule has 1 aromatic rings. The number of morpholine rings is 2. The summed E-state index contributed by atoms with van der Waals surface area (Å²) >= 11 is 0. The lowest BCUT2D eigenvalue weighted by molar-refractivity contribution is -0.135. The van der Waals surface area contributed by atoms with Crippen LogP contribution >= 0.6 is 0 Å². The average Bonchev–Trinajstić information content (AvgIpc) is 2.76. The summed E-state index contributed by atoms with van der Waals surface area (Å²) in [5.74, 6) is -0.226. The third-order valence-electron chi connectivity index (χ3n) is 5.14. The number of fused-ring (bicyclic) bond motifs is 1. The SMILES string of the molecule is O=C(CN1C(=O)COc2ccc(S(=O)(=O)N3CCOCC3)cc21)N1CCOCC1. The topological polar surface area (TPSA) is 106 Å². The van der Waals surface area contributed by atoms with Gasteiger partial charge < -0.3 is 19.1 Å². The number of sulfonamides is 1. The molecule has 3 aliphatic heterocycles. The third kappa shape index (κ3) is 4.08. The number of hydrogen-bond donors (Lipinski definition) is 0. The van der Waals surface area contributed by atoms with Crippen molar-refractivity contribution in [2.24, 2.45) is 0 Å².